The molecule has 4 rings (SSSR count). The summed E-state index contributed by atoms with van der Waals surface area (Å²) in [5, 5.41) is 3.09. The first-order chi connectivity index (χ1) is 12.1. The molecule has 1 aliphatic heterocycles. The van der Waals surface area contributed by atoms with Gasteiger partial charge in [-0.1, -0.05) is 36.4 Å². The van der Waals surface area contributed by atoms with Crippen molar-refractivity contribution in [2.24, 2.45) is 5.73 Å². The van der Waals surface area contributed by atoms with Crippen molar-refractivity contribution in [3.63, 3.8) is 0 Å². The Morgan fingerprint density at radius 3 is 2.50 bits per heavy atom. The van der Waals surface area contributed by atoms with E-state index in [-0.39, 0.29) is 42.4 Å². The standard InChI is InChI=1S/C20H22FN3O.ClH/c21-15-7-5-14(6-8-15)19-18-4-2-1-3-13(18)9-10-24(19)20(25)23-17-11-16(22)12-17;/h1-8,16-17,19H,9-12,22H2,(H,23,25);1H. The van der Waals surface area contributed by atoms with Crippen LogP contribution in [0.1, 0.15) is 35.6 Å². The normalized spacial score (nSPS) is 24.1. The summed E-state index contributed by atoms with van der Waals surface area (Å²) in [5.41, 5.74) is 9.10. The van der Waals surface area contributed by atoms with Crippen molar-refractivity contribution in [3.8, 4) is 0 Å². The fourth-order valence-electron chi connectivity index (χ4n) is 3.83. The van der Waals surface area contributed by atoms with Gasteiger partial charge >= 0.3 is 6.03 Å². The van der Waals surface area contributed by atoms with Crippen LogP contribution < -0.4 is 11.1 Å². The summed E-state index contributed by atoms with van der Waals surface area (Å²) in [4.78, 5) is 14.7. The van der Waals surface area contributed by atoms with Crippen LogP contribution in [0, 0.1) is 5.82 Å². The van der Waals surface area contributed by atoms with Crippen molar-refractivity contribution in [2.45, 2.75) is 37.4 Å². The van der Waals surface area contributed by atoms with Gasteiger partial charge in [-0.2, -0.15) is 0 Å². The fraction of sp³-hybridized carbons (Fsp3) is 0.350. The molecule has 0 spiro atoms. The number of urea groups is 1. The fourth-order valence-corrected chi connectivity index (χ4v) is 3.83. The molecular formula is C20H23ClFN3O. The number of nitrogens with one attached hydrogen (secondary N) is 1. The Kier molecular flexibility index (Phi) is 5.49. The van der Waals surface area contributed by atoms with Crippen molar-refractivity contribution in [2.75, 3.05) is 6.54 Å². The number of fused-ring (bicyclic) bond motifs is 1. The number of nitrogens with zero attached hydrogens (tertiary/aromatic N) is 1. The molecule has 3 N–H and O–H groups in total. The van der Waals surface area contributed by atoms with Crippen molar-refractivity contribution in [1.82, 2.24) is 10.2 Å². The Bertz CT molecular complexity index is 777. The van der Waals surface area contributed by atoms with Crippen LogP contribution in [0.4, 0.5) is 9.18 Å². The monoisotopic (exact) mass is 375 g/mol. The number of carbonyl (C=O) groups excluding carboxylic acids is 1. The highest BCUT2D eigenvalue weighted by atomic mass is 35.5. The number of amides is 2. The van der Waals surface area contributed by atoms with Gasteiger partial charge in [-0.15, -0.1) is 12.4 Å². The molecule has 1 heterocycles. The Morgan fingerprint density at radius 2 is 1.81 bits per heavy atom. The highest BCUT2D eigenvalue weighted by molar-refractivity contribution is 5.85. The second-order valence-corrected chi connectivity index (χ2v) is 6.97. The van der Waals surface area contributed by atoms with E-state index in [4.69, 9.17) is 5.73 Å². The van der Waals surface area contributed by atoms with Crippen LogP contribution in [-0.2, 0) is 6.42 Å². The molecule has 4 nitrogen and oxygen atoms in total. The van der Waals surface area contributed by atoms with Crippen LogP contribution in [0.15, 0.2) is 48.5 Å². The number of hydrogen-bond donors (Lipinski definition) is 2. The summed E-state index contributed by atoms with van der Waals surface area (Å²) in [6, 6.07) is 14.7. The SMILES string of the molecule is Cl.NC1CC(NC(=O)N2CCc3ccccc3C2c2ccc(F)cc2)C1. The highest BCUT2D eigenvalue weighted by Gasteiger charge is 2.34. The molecule has 2 amide bonds. The number of hydrogen-bond acceptors (Lipinski definition) is 2. The van der Waals surface area contributed by atoms with Gasteiger partial charge in [0, 0.05) is 18.6 Å². The number of carbonyl (C=O) groups is 1. The van der Waals surface area contributed by atoms with E-state index in [1.807, 2.05) is 17.0 Å². The Hall–Kier alpha value is -2.11. The summed E-state index contributed by atoms with van der Waals surface area (Å²) in [6.45, 7) is 0.643. The zero-order chi connectivity index (χ0) is 17.4. The number of benzene rings is 2. The minimum absolute atomic E-state index is 0. The Labute approximate surface area is 159 Å². The molecule has 1 aliphatic carbocycles. The molecule has 138 valence electrons. The molecule has 1 unspecified atom stereocenters. The lowest BCUT2D eigenvalue weighted by Crippen LogP contribution is -2.55. The number of nitrogens with two attached hydrogens (primary N) is 1. The third-order valence-corrected chi connectivity index (χ3v) is 5.23. The van der Waals surface area contributed by atoms with Crippen LogP contribution in [0.3, 0.4) is 0 Å². The smallest absolute Gasteiger partial charge is 0.318 e. The Balaban J connectivity index is 0.00000196. The number of rotatable bonds is 2. The molecule has 6 heteroatoms. The van der Waals surface area contributed by atoms with Gasteiger partial charge in [0.25, 0.3) is 0 Å². The van der Waals surface area contributed by atoms with E-state index < -0.39 is 0 Å². The van der Waals surface area contributed by atoms with E-state index in [9.17, 15) is 9.18 Å². The van der Waals surface area contributed by atoms with E-state index in [0.717, 1.165) is 30.4 Å². The summed E-state index contributed by atoms with van der Waals surface area (Å²) in [5.74, 6) is -0.271. The highest BCUT2D eigenvalue weighted by Crippen LogP contribution is 2.35. The molecule has 26 heavy (non-hydrogen) atoms. The molecule has 2 aliphatic rings. The maximum absolute atomic E-state index is 13.4. The van der Waals surface area contributed by atoms with Crippen molar-refractivity contribution in [3.05, 3.63) is 71.0 Å². The third-order valence-electron chi connectivity index (χ3n) is 5.23. The predicted molar refractivity (Wildman–Crippen MR) is 102 cm³/mol. The van der Waals surface area contributed by atoms with Crippen LogP contribution in [-0.4, -0.2) is 29.6 Å². The predicted octanol–water partition coefficient (Wildman–Crippen LogP) is 3.39. The van der Waals surface area contributed by atoms with Crippen molar-refractivity contribution < 1.29 is 9.18 Å². The van der Waals surface area contributed by atoms with E-state index in [0.29, 0.717) is 6.54 Å². The molecule has 0 radical (unpaired) electrons. The van der Waals surface area contributed by atoms with Gasteiger partial charge in [-0.05, 0) is 48.1 Å². The first-order valence-corrected chi connectivity index (χ1v) is 8.78. The molecular weight excluding hydrogens is 353 g/mol. The molecule has 0 aromatic heterocycles. The molecule has 0 bridgehead atoms. The molecule has 2 aromatic carbocycles. The molecule has 1 saturated carbocycles. The van der Waals surface area contributed by atoms with Gasteiger partial charge in [0.2, 0.25) is 0 Å². The second kappa shape index (κ2) is 7.64. The van der Waals surface area contributed by atoms with Crippen molar-refractivity contribution >= 4 is 18.4 Å². The summed E-state index contributed by atoms with van der Waals surface area (Å²) in [6.07, 6.45) is 2.49. The lowest BCUT2D eigenvalue weighted by Gasteiger charge is -2.40. The van der Waals surface area contributed by atoms with E-state index in [1.165, 1.54) is 17.7 Å². The van der Waals surface area contributed by atoms with Gasteiger partial charge in [0.15, 0.2) is 0 Å². The van der Waals surface area contributed by atoms with Gasteiger partial charge < -0.3 is 16.0 Å². The lowest BCUT2D eigenvalue weighted by molar-refractivity contribution is 0.167. The van der Waals surface area contributed by atoms with Crippen LogP contribution >= 0.6 is 12.4 Å². The second-order valence-electron chi connectivity index (χ2n) is 6.97. The number of halogens is 2. The van der Waals surface area contributed by atoms with E-state index >= 15 is 0 Å². The van der Waals surface area contributed by atoms with Gasteiger partial charge in [0.1, 0.15) is 5.82 Å². The molecule has 1 fully saturated rings. The summed E-state index contributed by atoms with van der Waals surface area (Å²) >= 11 is 0. The minimum atomic E-state index is -0.271. The third kappa shape index (κ3) is 3.55. The van der Waals surface area contributed by atoms with Gasteiger partial charge in [-0.25, -0.2) is 9.18 Å². The van der Waals surface area contributed by atoms with Gasteiger partial charge in [0.05, 0.1) is 6.04 Å². The zero-order valence-corrected chi connectivity index (χ0v) is 15.2. The summed E-state index contributed by atoms with van der Waals surface area (Å²) < 4.78 is 13.4. The minimum Gasteiger partial charge on any atom is -0.335 e. The van der Waals surface area contributed by atoms with E-state index in [1.54, 1.807) is 12.1 Å². The molecule has 1 atom stereocenters. The quantitative estimate of drug-likeness (QED) is 0.845. The van der Waals surface area contributed by atoms with E-state index in [2.05, 4.69) is 17.4 Å². The average Bonchev–Trinajstić information content (AvgIpc) is 2.60. The summed E-state index contributed by atoms with van der Waals surface area (Å²) in [7, 11) is 0. The maximum Gasteiger partial charge on any atom is 0.318 e. The van der Waals surface area contributed by atoms with Crippen LogP contribution in [0.2, 0.25) is 0 Å². The molecule has 0 saturated heterocycles. The zero-order valence-electron chi connectivity index (χ0n) is 14.4. The average molecular weight is 376 g/mol. The van der Waals surface area contributed by atoms with Crippen LogP contribution in [0.25, 0.3) is 0 Å². The largest absolute Gasteiger partial charge is 0.335 e. The lowest BCUT2D eigenvalue weighted by atomic mass is 9.87. The van der Waals surface area contributed by atoms with Crippen LogP contribution in [0.5, 0.6) is 0 Å². The van der Waals surface area contributed by atoms with Gasteiger partial charge in [-0.3, -0.25) is 0 Å². The topological polar surface area (TPSA) is 58.4 Å². The molecule has 2 aromatic rings. The maximum atomic E-state index is 13.4. The Morgan fingerprint density at radius 1 is 1.12 bits per heavy atom. The van der Waals surface area contributed by atoms with Crippen molar-refractivity contribution in [1.29, 1.82) is 0 Å². The first kappa shape index (κ1) is 18.7. The first-order valence-electron chi connectivity index (χ1n) is 8.78.